The summed E-state index contributed by atoms with van der Waals surface area (Å²) in [6, 6.07) is 2.42. The van der Waals surface area contributed by atoms with Crippen LogP contribution in [0.1, 0.15) is 55.8 Å². The molecule has 1 atom stereocenters. The van der Waals surface area contributed by atoms with Crippen LogP contribution in [-0.4, -0.2) is 20.0 Å². The number of nitrogens with one attached hydrogen (secondary N) is 1. The van der Waals surface area contributed by atoms with Gasteiger partial charge >= 0.3 is 0 Å². The second kappa shape index (κ2) is 5.17. The molecule has 0 aliphatic heterocycles. The van der Waals surface area contributed by atoms with E-state index in [1.807, 2.05) is 23.1 Å². The molecule has 1 N–H and O–H groups in total. The molecule has 0 saturated carbocycles. The Balaban J connectivity index is 1.64. The van der Waals surface area contributed by atoms with Gasteiger partial charge < -0.3 is 4.74 Å². The highest BCUT2D eigenvalue weighted by Crippen LogP contribution is 2.31. The molecule has 2 aromatic heterocycles. The largest absolute Gasteiger partial charge is 0.366 e. The van der Waals surface area contributed by atoms with Crippen LogP contribution >= 0.6 is 0 Å². The lowest BCUT2D eigenvalue weighted by Crippen LogP contribution is -2.12. The summed E-state index contributed by atoms with van der Waals surface area (Å²) in [5.74, 6) is 0. The molecule has 5 nitrogen and oxygen atoms in total. The minimum atomic E-state index is 0.135. The van der Waals surface area contributed by atoms with Crippen LogP contribution in [0.15, 0.2) is 18.5 Å². The maximum atomic E-state index is 6.00. The Kier molecular flexibility index (Phi) is 3.38. The average Bonchev–Trinajstić information content (AvgIpc) is 3.05. The predicted molar refractivity (Wildman–Crippen MR) is 71.7 cm³/mol. The first-order chi connectivity index (χ1) is 9.24. The molecule has 2 heterocycles. The Bertz CT molecular complexity index is 543. The highest BCUT2D eigenvalue weighted by atomic mass is 16.5. The second-order valence-corrected chi connectivity index (χ2v) is 5.38. The Morgan fingerprint density at radius 3 is 3.21 bits per heavy atom. The van der Waals surface area contributed by atoms with Gasteiger partial charge in [0.15, 0.2) is 0 Å². The van der Waals surface area contributed by atoms with Crippen molar-refractivity contribution in [1.82, 2.24) is 20.0 Å². The van der Waals surface area contributed by atoms with Crippen molar-refractivity contribution in [3.8, 4) is 0 Å². The monoisotopic (exact) mass is 260 g/mol. The van der Waals surface area contributed by atoms with E-state index in [-0.39, 0.29) is 6.10 Å². The van der Waals surface area contributed by atoms with E-state index in [4.69, 9.17) is 4.74 Å². The Hall–Kier alpha value is -1.62. The van der Waals surface area contributed by atoms with Crippen molar-refractivity contribution in [3.63, 3.8) is 0 Å². The number of hydrogen-bond donors (Lipinski definition) is 1. The number of ether oxygens (including phenoxy) is 1. The zero-order valence-corrected chi connectivity index (χ0v) is 11.5. The van der Waals surface area contributed by atoms with E-state index in [0.29, 0.717) is 12.6 Å². The molecular formula is C14H20N4O. The SMILES string of the molecule is CC(C)n1ccc(COC2CCCc3cn[nH]c32)n1. The van der Waals surface area contributed by atoms with Crippen molar-refractivity contribution in [3.05, 3.63) is 35.4 Å². The fraction of sp³-hybridized carbons (Fsp3) is 0.571. The van der Waals surface area contributed by atoms with Crippen molar-refractivity contribution in [2.24, 2.45) is 0 Å². The van der Waals surface area contributed by atoms with Gasteiger partial charge in [-0.25, -0.2) is 0 Å². The molecular weight excluding hydrogens is 240 g/mol. The highest BCUT2D eigenvalue weighted by molar-refractivity contribution is 5.21. The normalized spacial score (nSPS) is 18.8. The van der Waals surface area contributed by atoms with Gasteiger partial charge in [0.05, 0.1) is 30.3 Å². The molecule has 5 heteroatoms. The Labute approximate surface area is 113 Å². The van der Waals surface area contributed by atoms with Gasteiger partial charge in [0.1, 0.15) is 0 Å². The van der Waals surface area contributed by atoms with E-state index in [2.05, 4.69) is 29.1 Å². The number of rotatable bonds is 4. The van der Waals surface area contributed by atoms with Crippen LogP contribution in [-0.2, 0) is 17.8 Å². The molecule has 1 unspecified atom stereocenters. The smallest absolute Gasteiger partial charge is 0.0997 e. The summed E-state index contributed by atoms with van der Waals surface area (Å²) in [7, 11) is 0. The number of hydrogen-bond acceptors (Lipinski definition) is 3. The molecule has 0 amide bonds. The van der Waals surface area contributed by atoms with Crippen LogP contribution < -0.4 is 0 Å². The molecule has 3 rings (SSSR count). The summed E-state index contributed by atoms with van der Waals surface area (Å²) in [6.45, 7) is 4.80. The summed E-state index contributed by atoms with van der Waals surface area (Å²) in [5, 5.41) is 11.7. The van der Waals surface area contributed by atoms with E-state index in [9.17, 15) is 0 Å². The number of aromatic amines is 1. The standard InChI is InChI=1S/C14H20N4O/c1-10(2)18-7-6-12(17-18)9-19-13-5-3-4-11-8-15-16-14(11)13/h6-8,10,13H,3-5,9H2,1-2H3,(H,15,16). The Morgan fingerprint density at radius 1 is 1.53 bits per heavy atom. The number of fused-ring (bicyclic) bond motifs is 1. The quantitative estimate of drug-likeness (QED) is 0.919. The minimum Gasteiger partial charge on any atom is -0.366 e. The van der Waals surface area contributed by atoms with Gasteiger partial charge in [0, 0.05) is 12.2 Å². The topological polar surface area (TPSA) is 55.7 Å². The van der Waals surface area contributed by atoms with Crippen LogP contribution in [0.25, 0.3) is 0 Å². The summed E-state index contributed by atoms with van der Waals surface area (Å²) < 4.78 is 7.96. The van der Waals surface area contributed by atoms with Gasteiger partial charge in [-0.2, -0.15) is 10.2 Å². The fourth-order valence-electron chi connectivity index (χ4n) is 2.52. The van der Waals surface area contributed by atoms with Gasteiger partial charge in [-0.05, 0) is 44.7 Å². The van der Waals surface area contributed by atoms with Gasteiger partial charge in [-0.3, -0.25) is 9.78 Å². The zero-order valence-electron chi connectivity index (χ0n) is 11.5. The minimum absolute atomic E-state index is 0.135. The number of aromatic nitrogens is 4. The van der Waals surface area contributed by atoms with Crippen molar-refractivity contribution in [2.45, 2.75) is 51.9 Å². The maximum absolute atomic E-state index is 6.00. The maximum Gasteiger partial charge on any atom is 0.0997 e. The zero-order chi connectivity index (χ0) is 13.2. The molecule has 102 valence electrons. The third kappa shape index (κ3) is 2.56. The van der Waals surface area contributed by atoms with Gasteiger partial charge in [-0.1, -0.05) is 0 Å². The predicted octanol–water partition coefficient (Wildman–Crippen LogP) is 2.78. The number of H-pyrrole nitrogens is 1. The fourth-order valence-corrected chi connectivity index (χ4v) is 2.52. The molecule has 1 aliphatic rings. The van der Waals surface area contributed by atoms with Crippen molar-refractivity contribution >= 4 is 0 Å². The number of nitrogens with zero attached hydrogens (tertiary/aromatic N) is 3. The molecule has 0 fully saturated rings. The molecule has 0 radical (unpaired) electrons. The summed E-state index contributed by atoms with van der Waals surface area (Å²) in [6.07, 6.45) is 7.38. The second-order valence-electron chi connectivity index (χ2n) is 5.38. The van der Waals surface area contributed by atoms with Crippen LogP contribution in [0.3, 0.4) is 0 Å². The molecule has 19 heavy (non-hydrogen) atoms. The Morgan fingerprint density at radius 2 is 2.42 bits per heavy atom. The number of aryl methyl sites for hydroxylation is 1. The third-order valence-electron chi connectivity index (χ3n) is 3.61. The first kappa shape index (κ1) is 12.4. The highest BCUT2D eigenvalue weighted by Gasteiger charge is 2.22. The van der Waals surface area contributed by atoms with Crippen molar-refractivity contribution < 1.29 is 4.74 Å². The van der Waals surface area contributed by atoms with E-state index in [1.54, 1.807) is 0 Å². The first-order valence-corrected chi connectivity index (χ1v) is 6.92. The van der Waals surface area contributed by atoms with Crippen molar-refractivity contribution in [1.29, 1.82) is 0 Å². The molecule has 0 spiro atoms. The third-order valence-corrected chi connectivity index (χ3v) is 3.61. The van der Waals surface area contributed by atoms with E-state index < -0.39 is 0 Å². The van der Waals surface area contributed by atoms with Crippen LogP contribution in [0.2, 0.25) is 0 Å². The molecule has 1 aliphatic carbocycles. The molecule has 0 aromatic carbocycles. The summed E-state index contributed by atoms with van der Waals surface area (Å²) in [4.78, 5) is 0. The van der Waals surface area contributed by atoms with E-state index in [0.717, 1.165) is 30.7 Å². The van der Waals surface area contributed by atoms with Gasteiger partial charge in [0.2, 0.25) is 0 Å². The van der Waals surface area contributed by atoms with Gasteiger partial charge in [0.25, 0.3) is 0 Å². The molecule has 0 bridgehead atoms. The lowest BCUT2D eigenvalue weighted by atomic mass is 9.96. The summed E-state index contributed by atoms with van der Waals surface area (Å²) in [5.41, 5.74) is 3.43. The van der Waals surface area contributed by atoms with E-state index in [1.165, 1.54) is 5.56 Å². The average molecular weight is 260 g/mol. The molecule has 2 aromatic rings. The van der Waals surface area contributed by atoms with Gasteiger partial charge in [-0.15, -0.1) is 0 Å². The van der Waals surface area contributed by atoms with Crippen LogP contribution in [0.5, 0.6) is 0 Å². The van der Waals surface area contributed by atoms with E-state index >= 15 is 0 Å². The first-order valence-electron chi connectivity index (χ1n) is 6.92. The molecule has 0 saturated heterocycles. The van der Waals surface area contributed by atoms with Crippen LogP contribution in [0, 0.1) is 0 Å². The lowest BCUT2D eigenvalue weighted by Gasteiger charge is -2.21. The summed E-state index contributed by atoms with van der Waals surface area (Å²) >= 11 is 0. The van der Waals surface area contributed by atoms with Crippen molar-refractivity contribution in [2.75, 3.05) is 0 Å². The lowest BCUT2D eigenvalue weighted by molar-refractivity contribution is 0.0234. The van der Waals surface area contributed by atoms with Crippen LogP contribution in [0.4, 0.5) is 0 Å².